The van der Waals surface area contributed by atoms with Crippen LogP contribution in [0.4, 0.5) is 0 Å². The number of rotatable bonds is 8. The third kappa shape index (κ3) is 5.51. The lowest BCUT2D eigenvalue weighted by Gasteiger charge is -2.28. The molecule has 7 heteroatoms. The number of carboxylic acid groups (broad SMARTS) is 1. The van der Waals surface area contributed by atoms with Crippen molar-refractivity contribution in [1.82, 2.24) is 15.3 Å². The first kappa shape index (κ1) is 17.7. The molecule has 0 aliphatic heterocycles. The van der Waals surface area contributed by atoms with Crippen LogP contribution in [0.5, 0.6) is 0 Å². The van der Waals surface area contributed by atoms with E-state index in [4.69, 9.17) is 0 Å². The van der Waals surface area contributed by atoms with Crippen LogP contribution < -0.4 is 10.9 Å². The zero-order chi connectivity index (χ0) is 16.0. The van der Waals surface area contributed by atoms with Gasteiger partial charge in [0, 0.05) is 17.0 Å². The van der Waals surface area contributed by atoms with Crippen LogP contribution in [0, 0.1) is 6.92 Å². The summed E-state index contributed by atoms with van der Waals surface area (Å²) in [5, 5.41) is 13.0. The Kier molecular flexibility index (Phi) is 6.42. The predicted molar refractivity (Wildman–Crippen MR) is 83.9 cm³/mol. The highest BCUT2D eigenvalue weighted by Crippen LogP contribution is 2.26. The van der Waals surface area contributed by atoms with Crippen molar-refractivity contribution >= 4 is 17.7 Å². The van der Waals surface area contributed by atoms with E-state index >= 15 is 0 Å². The van der Waals surface area contributed by atoms with Crippen LogP contribution >= 0.6 is 11.8 Å². The molecular formula is C14H23N3O3S. The molecule has 0 bridgehead atoms. The minimum Gasteiger partial charge on any atom is -0.480 e. The summed E-state index contributed by atoms with van der Waals surface area (Å²) in [5.41, 5.74) is -0.520. The zero-order valence-corrected chi connectivity index (χ0v) is 13.7. The van der Waals surface area contributed by atoms with Crippen molar-refractivity contribution in [2.24, 2.45) is 0 Å². The molecule has 21 heavy (non-hydrogen) atoms. The highest BCUT2D eigenvalue weighted by atomic mass is 32.2. The Bertz CT molecular complexity index is 547. The Morgan fingerprint density at radius 3 is 2.81 bits per heavy atom. The van der Waals surface area contributed by atoms with Crippen molar-refractivity contribution < 1.29 is 9.90 Å². The quantitative estimate of drug-likeness (QED) is 0.500. The highest BCUT2D eigenvalue weighted by molar-refractivity contribution is 7.99. The monoisotopic (exact) mass is 313 g/mol. The minimum atomic E-state index is -0.980. The summed E-state index contributed by atoms with van der Waals surface area (Å²) in [4.78, 5) is 29.8. The van der Waals surface area contributed by atoms with Crippen molar-refractivity contribution in [2.45, 2.75) is 56.5 Å². The first-order chi connectivity index (χ1) is 9.76. The number of carbonyl (C=O) groups is 1. The molecule has 6 nitrogen and oxygen atoms in total. The van der Waals surface area contributed by atoms with Gasteiger partial charge in [-0.1, -0.05) is 25.6 Å². The smallest absolute Gasteiger partial charge is 0.323 e. The molecule has 1 aromatic rings. The molecule has 2 unspecified atom stereocenters. The van der Waals surface area contributed by atoms with Crippen molar-refractivity contribution in [3.05, 3.63) is 22.1 Å². The second-order valence-corrected chi connectivity index (χ2v) is 6.82. The van der Waals surface area contributed by atoms with Crippen molar-refractivity contribution in [2.75, 3.05) is 6.54 Å². The normalized spacial score (nSPS) is 15.4. The van der Waals surface area contributed by atoms with Crippen LogP contribution in [0.3, 0.4) is 0 Å². The number of nitrogens with zero attached hydrogens (tertiary/aromatic N) is 1. The standard InChI is InChI=1S/C14H23N3O3S/c1-5-6-15-14(4,12(19)20)8-10(3)21-13-16-9(2)7-11(18)17-13/h7,10,15H,5-6,8H2,1-4H3,(H,19,20)(H,16,17,18). The van der Waals surface area contributed by atoms with Gasteiger partial charge in [-0.15, -0.1) is 0 Å². The van der Waals surface area contributed by atoms with Crippen LogP contribution in [0.1, 0.15) is 39.3 Å². The van der Waals surface area contributed by atoms with E-state index in [1.54, 1.807) is 13.8 Å². The average molecular weight is 313 g/mol. The van der Waals surface area contributed by atoms with E-state index in [0.29, 0.717) is 23.8 Å². The molecule has 0 saturated heterocycles. The molecule has 0 aliphatic rings. The molecule has 0 spiro atoms. The summed E-state index contributed by atoms with van der Waals surface area (Å²) < 4.78 is 0. The molecule has 1 rings (SSSR count). The van der Waals surface area contributed by atoms with Gasteiger partial charge in [-0.3, -0.25) is 9.59 Å². The van der Waals surface area contributed by atoms with E-state index in [2.05, 4.69) is 15.3 Å². The van der Waals surface area contributed by atoms with Crippen molar-refractivity contribution in [3.63, 3.8) is 0 Å². The zero-order valence-electron chi connectivity index (χ0n) is 12.9. The Hall–Kier alpha value is -1.34. The van der Waals surface area contributed by atoms with Gasteiger partial charge < -0.3 is 15.4 Å². The van der Waals surface area contributed by atoms with E-state index in [0.717, 1.165) is 6.42 Å². The third-order valence-electron chi connectivity index (χ3n) is 3.09. The van der Waals surface area contributed by atoms with Crippen LogP contribution in [-0.4, -0.2) is 38.4 Å². The van der Waals surface area contributed by atoms with E-state index < -0.39 is 11.5 Å². The fourth-order valence-electron chi connectivity index (χ4n) is 2.05. The number of thioether (sulfide) groups is 1. The molecule has 2 atom stereocenters. The van der Waals surface area contributed by atoms with Crippen molar-refractivity contribution in [3.8, 4) is 0 Å². The van der Waals surface area contributed by atoms with Crippen molar-refractivity contribution in [1.29, 1.82) is 0 Å². The maximum absolute atomic E-state index is 11.5. The Morgan fingerprint density at radius 1 is 1.62 bits per heavy atom. The first-order valence-electron chi connectivity index (χ1n) is 7.00. The number of hydrogen-bond donors (Lipinski definition) is 3. The van der Waals surface area contributed by atoms with Gasteiger partial charge >= 0.3 is 5.97 Å². The molecule has 3 N–H and O–H groups in total. The predicted octanol–water partition coefficient (Wildman–Crippen LogP) is 1.79. The largest absolute Gasteiger partial charge is 0.480 e. The van der Waals surface area contributed by atoms with E-state index in [-0.39, 0.29) is 10.8 Å². The minimum absolute atomic E-state index is 0.000376. The third-order valence-corrected chi connectivity index (χ3v) is 4.08. The highest BCUT2D eigenvalue weighted by Gasteiger charge is 2.34. The number of aliphatic carboxylic acids is 1. The molecule has 0 aliphatic carbocycles. The summed E-state index contributed by atoms with van der Waals surface area (Å²) in [7, 11) is 0. The lowest BCUT2D eigenvalue weighted by molar-refractivity contribution is -0.144. The van der Waals surface area contributed by atoms with Gasteiger partial charge in [0.1, 0.15) is 5.54 Å². The maximum Gasteiger partial charge on any atom is 0.323 e. The number of aromatic nitrogens is 2. The van der Waals surface area contributed by atoms with E-state index in [1.165, 1.54) is 17.8 Å². The second kappa shape index (κ2) is 7.61. The van der Waals surface area contributed by atoms with Gasteiger partial charge in [0.25, 0.3) is 5.56 Å². The summed E-state index contributed by atoms with van der Waals surface area (Å²) in [6.07, 6.45) is 1.31. The summed E-state index contributed by atoms with van der Waals surface area (Å²) in [6.45, 7) is 8.03. The molecule has 118 valence electrons. The van der Waals surface area contributed by atoms with Gasteiger partial charge in [0.2, 0.25) is 0 Å². The van der Waals surface area contributed by atoms with Crippen LogP contribution in [-0.2, 0) is 4.79 Å². The first-order valence-corrected chi connectivity index (χ1v) is 7.88. The topological polar surface area (TPSA) is 95.1 Å². The lowest BCUT2D eigenvalue weighted by atomic mass is 9.96. The molecule has 1 aromatic heterocycles. The molecule has 0 fully saturated rings. The fourth-order valence-corrected chi connectivity index (χ4v) is 3.20. The molecule has 0 radical (unpaired) electrons. The number of nitrogens with one attached hydrogen (secondary N) is 2. The van der Waals surface area contributed by atoms with E-state index in [1.807, 2.05) is 13.8 Å². The van der Waals surface area contributed by atoms with Crippen LogP contribution in [0.15, 0.2) is 16.0 Å². The van der Waals surface area contributed by atoms with Gasteiger partial charge in [-0.2, -0.15) is 0 Å². The summed E-state index contributed by atoms with van der Waals surface area (Å²) in [5.74, 6) is -0.867. The van der Waals surface area contributed by atoms with Crippen LogP contribution in [0.2, 0.25) is 0 Å². The second-order valence-electron chi connectivity index (χ2n) is 5.39. The van der Waals surface area contributed by atoms with Gasteiger partial charge in [-0.05, 0) is 33.2 Å². The average Bonchev–Trinajstić information content (AvgIpc) is 2.34. The van der Waals surface area contributed by atoms with Crippen LogP contribution in [0.25, 0.3) is 0 Å². The number of hydrogen-bond acceptors (Lipinski definition) is 5. The summed E-state index contributed by atoms with van der Waals surface area (Å²) >= 11 is 1.38. The van der Waals surface area contributed by atoms with Gasteiger partial charge in [0.05, 0.1) is 0 Å². The number of aryl methyl sites for hydroxylation is 1. The maximum atomic E-state index is 11.5. The molecule has 0 saturated carbocycles. The fraction of sp³-hybridized carbons (Fsp3) is 0.643. The van der Waals surface area contributed by atoms with Gasteiger partial charge in [-0.25, -0.2) is 4.98 Å². The molecular weight excluding hydrogens is 290 g/mol. The van der Waals surface area contributed by atoms with E-state index in [9.17, 15) is 14.7 Å². The summed E-state index contributed by atoms with van der Waals surface area (Å²) in [6, 6.07) is 1.43. The number of aromatic amines is 1. The SMILES string of the molecule is CCCNC(C)(CC(C)Sc1nc(C)cc(=O)[nH]1)C(=O)O. The molecule has 0 amide bonds. The number of H-pyrrole nitrogens is 1. The Labute approximate surface area is 128 Å². The Morgan fingerprint density at radius 2 is 2.29 bits per heavy atom. The molecule has 0 aromatic carbocycles. The molecule has 1 heterocycles. The number of carboxylic acids is 1. The van der Waals surface area contributed by atoms with Gasteiger partial charge in [0.15, 0.2) is 5.16 Å². The Balaban J connectivity index is 2.75. The lowest BCUT2D eigenvalue weighted by Crippen LogP contribution is -2.51.